The topological polar surface area (TPSA) is 0 Å². The van der Waals surface area contributed by atoms with Crippen molar-refractivity contribution in [2.75, 3.05) is 0 Å². The molecular weight excluding hydrogens is 844 g/mol. The second-order valence-corrected chi connectivity index (χ2v) is 22.8. The maximum absolute atomic E-state index is 2.57. The molecule has 0 aliphatic rings. The predicted octanol–water partition coefficient (Wildman–Crippen LogP) is 6.17. The molecule has 0 aliphatic carbocycles. The van der Waals surface area contributed by atoms with E-state index in [2.05, 4.69) is 148 Å². The Hall–Kier alpha value is 2.92. The standard InChI is InChI=1S/2C7H15I2.2C7H16/c2*1-5-7(3,4)6(2)9-8;2*1-5-7(3,4)6-2/h2*6H,5H2,1-4H3;2*5-6H2,1-4H3/q2*-1;;. The van der Waals surface area contributed by atoms with Gasteiger partial charge in [0.05, 0.1) is 0 Å². The summed E-state index contributed by atoms with van der Waals surface area (Å²) >= 11 is 5.98. The van der Waals surface area contributed by atoms with Gasteiger partial charge in [0.2, 0.25) is 0 Å². The van der Waals surface area contributed by atoms with Crippen molar-refractivity contribution in [3.63, 3.8) is 0 Å². The molecule has 0 nitrogen and oxygen atoms in total. The van der Waals surface area contributed by atoms with Crippen LogP contribution < -0.4 is 34.5 Å². The van der Waals surface area contributed by atoms with E-state index in [0.717, 1.165) is 7.85 Å². The van der Waals surface area contributed by atoms with Crippen LogP contribution in [-0.2, 0) is 0 Å². The molecule has 0 heterocycles. The van der Waals surface area contributed by atoms with Crippen LogP contribution >= 0.6 is 37.2 Å². The molecule has 0 aromatic carbocycles. The van der Waals surface area contributed by atoms with Gasteiger partial charge < -0.3 is 0 Å². The Balaban J connectivity index is -0.000000165. The van der Waals surface area contributed by atoms with Gasteiger partial charge in [-0.15, -0.1) is 0 Å². The molecule has 0 saturated heterocycles. The van der Waals surface area contributed by atoms with Gasteiger partial charge in [-0.2, -0.15) is 0 Å². The van der Waals surface area contributed by atoms with Crippen LogP contribution in [0.2, 0.25) is 0 Å². The van der Waals surface area contributed by atoms with Gasteiger partial charge in [0, 0.05) is 0 Å². The van der Waals surface area contributed by atoms with Crippen molar-refractivity contribution in [2.45, 2.75) is 157 Å². The monoisotopic (exact) mass is 906 g/mol. The zero-order chi connectivity index (χ0) is 26.8. The third-order valence-electron chi connectivity index (χ3n) is 8.05. The zero-order valence-corrected chi connectivity index (χ0v) is 33.5. The fourth-order valence-electron chi connectivity index (χ4n) is 1.29. The zero-order valence-electron chi connectivity index (χ0n) is 24.9. The summed E-state index contributed by atoms with van der Waals surface area (Å²) in [5.41, 5.74) is 2.35. The largest absolute Gasteiger partial charge is 0.0649 e. The second kappa shape index (κ2) is 22.0. The minimum Gasteiger partial charge on any atom is -0.0649 e. The van der Waals surface area contributed by atoms with E-state index in [1.165, 1.54) is 38.5 Å². The number of rotatable bonds is 10. The van der Waals surface area contributed by atoms with E-state index in [0.29, 0.717) is 56.1 Å². The van der Waals surface area contributed by atoms with Crippen LogP contribution in [0.1, 0.15) is 149 Å². The van der Waals surface area contributed by atoms with Gasteiger partial charge in [-0.1, -0.05) is 81.1 Å². The molecule has 0 aromatic heterocycles. The van der Waals surface area contributed by atoms with Crippen LogP contribution in [0.25, 0.3) is 0 Å². The van der Waals surface area contributed by atoms with E-state index in [4.69, 9.17) is 0 Å². The molecule has 0 fully saturated rings. The smallest absolute Gasteiger partial charge is 0.0359 e. The molecular formula is C28H62I4-2. The van der Waals surface area contributed by atoms with E-state index in [1.54, 1.807) is 0 Å². The van der Waals surface area contributed by atoms with Crippen molar-refractivity contribution >= 4 is 37.2 Å². The first-order chi connectivity index (χ1) is 14.3. The fraction of sp³-hybridized carbons (Fsp3) is 1.00. The Bertz CT molecular complexity index is 350. The normalized spacial score (nSPS) is 14.3. The van der Waals surface area contributed by atoms with Gasteiger partial charge >= 0.3 is 159 Å². The Kier molecular flexibility index (Phi) is 28.8. The molecule has 2 atom stereocenters. The van der Waals surface area contributed by atoms with Crippen LogP contribution in [0.4, 0.5) is 0 Å². The molecule has 0 rings (SSSR count). The molecule has 0 aliphatic heterocycles. The number of alkyl halides is 2. The second-order valence-electron chi connectivity index (χ2n) is 11.8. The number of hydrogen-bond donors (Lipinski definition) is 0. The Labute approximate surface area is 247 Å². The van der Waals surface area contributed by atoms with Gasteiger partial charge in [0.25, 0.3) is 0 Å². The summed E-state index contributed by atoms with van der Waals surface area (Å²) in [6.45, 7) is 37.0. The van der Waals surface area contributed by atoms with Crippen molar-refractivity contribution in [1.29, 1.82) is 0 Å². The van der Waals surface area contributed by atoms with Crippen LogP contribution in [0.5, 0.6) is 0 Å². The summed E-state index contributed by atoms with van der Waals surface area (Å²) in [5, 5.41) is 0. The molecule has 32 heavy (non-hydrogen) atoms. The molecule has 0 spiro atoms. The Morgan fingerprint density at radius 3 is 0.688 bits per heavy atom. The van der Waals surface area contributed by atoms with Crippen molar-refractivity contribution < 1.29 is 34.5 Å². The summed E-state index contributed by atoms with van der Waals surface area (Å²) in [4.78, 5) is 0. The van der Waals surface area contributed by atoms with Crippen molar-refractivity contribution in [1.82, 2.24) is 0 Å². The fourth-order valence-corrected chi connectivity index (χ4v) is 12.0. The summed E-state index contributed by atoms with van der Waals surface area (Å²) in [5.74, 6) is 0. The molecule has 4 heteroatoms. The molecule has 2 unspecified atom stereocenters. The van der Waals surface area contributed by atoms with Crippen molar-refractivity contribution in [3.05, 3.63) is 0 Å². The third kappa shape index (κ3) is 24.6. The minimum atomic E-state index is 0.419. The van der Waals surface area contributed by atoms with Crippen molar-refractivity contribution in [2.24, 2.45) is 21.7 Å². The average Bonchev–Trinajstić information content (AvgIpc) is 2.78. The van der Waals surface area contributed by atoms with E-state index < -0.39 is 0 Å². The summed E-state index contributed by atoms with van der Waals surface area (Å²) in [7, 11) is 0. The predicted molar refractivity (Wildman–Crippen MR) is 164 cm³/mol. The van der Waals surface area contributed by atoms with Gasteiger partial charge in [-0.25, -0.2) is 0 Å². The molecule has 0 bridgehead atoms. The number of halogens is 4. The molecule has 0 aromatic rings. The van der Waals surface area contributed by atoms with Gasteiger partial charge in [0.1, 0.15) is 0 Å². The van der Waals surface area contributed by atoms with Crippen LogP contribution in [0.15, 0.2) is 0 Å². The maximum atomic E-state index is 2.57. The Morgan fingerprint density at radius 2 is 0.656 bits per heavy atom. The number of hydrogen-bond acceptors (Lipinski definition) is 0. The molecule has 204 valence electrons. The Morgan fingerprint density at radius 1 is 0.469 bits per heavy atom. The van der Waals surface area contributed by atoms with Crippen LogP contribution in [0, 0.1) is 21.7 Å². The first kappa shape index (κ1) is 42.0. The summed E-state index contributed by atoms with van der Waals surface area (Å²) in [6.07, 6.45) is 7.81. The third-order valence-corrected chi connectivity index (χ3v) is 22.3. The van der Waals surface area contributed by atoms with Crippen molar-refractivity contribution in [3.8, 4) is 0 Å². The van der Waals surface area contributed by atoms with E-state index in [1.807, 2.05) is 0 Å². The minimum absolute atomic E-state index is 0.419. The van der Waals surface area contributed by atoms with Gasteiger partial charge in [-0.3, -0.25) is 0 Å². The summed E-state index contributed by atoms with van der Waals surface area (Å²) < 4.78 is 1.92. The van der Waals surface area contributed by atoms with Gasteiger partial charge in [-0.05, 0) is 10.8 Å². The molecule has 0 saturated carbocycles. The van der Waals surface area contributed by atoms with E-state index in [9.17, 15) is 0 Å². The first-order valence-corrected chi connectivity index (χ1v) is 27.9. The van der Waals surface area contributed by atoms with Crippen LogP contribution in [-0.4, -0.2) is 7.85 Å². The average molecular weight is 906 g/mol. The summed E-state index contributed by atoms with van der Waals surface area (Å²) in [6, 6.07) is 0. The first-order valence-electron chi connectivity index (χ1n) is 12.8. The SMILES string of the molecule is CCC(C)(C)C(C)[I-]I.CCC(C)(C)C(C)[I-]I.CCC(C)(C)CC.CCC(C)(C)CC. The van der Waals surface area contributed by atoms with Crippen LogP contribution in [0.3, 0.4) is 0 Å². The molecule has 0 N–H and O–H groups in total. The van der Waals surface area contributed by atoms with E-state index in [-0.39, 0.29) is 0 Å². The molecule has 0 radical (unpaired) electrons. The maximum Gasteiger partial charge on any atom is -0.0359 e. The van der Waals surface area contributed by atoms with E-state index >= 15 is 0 Å². The van der Waals surface area contributed by atoms with Gasteiger partial charge in [0.15, 0.2) is 0 Å². The molecule has 0 amide bonds. The quantitative estimate of drug-likeness (QED) is 0.182.